The van der Waals surface area contributed by atoms with E-state index >= 15 is 0 Å². The number of halogens is 1. The van der Waals surface area contributed by atoms with E-state index in [0.717, 1.165) is 54.6 Å². The lowest BCUT2D eigenvalue weighted by Crippen LogP contribution is -2.48. The van der Waals surface area contributed by atoms with Gasteiger partial charge in [0, 0.05) is 56.6 Å². The minimum atomic E-state index is -0.225. The molecule has 1 saturated heterocycles. The minimum Gasteiger partial charge on any atom is -0.497 e. The lowest BCUT2D eigenvalue weighted by molar-refractivity contribution is 0.393. The zero-order valence-electron chi connectivity index (χ0n) is 17.2. The minimum absolute atomic E-state index is 0.225. The van der Waals surface area contributed by atoms with E-state index in [4.69, 9.17) is 9.47 Å². The van der Waals surface area contributed by atoms with Gasteiger partial charge < -0.3 is 25.0 Å². The molecule has 0 saturated carbocycles. The lowest BCUT2D eigenvalue weighted by atomic mass is 10.0. The monoisotopic (exact) mass is 400 g/mol. The lowest BCUT2D eigenvalue weighted by Gasteiger charge is -2.34. The predicted molar refractivity (Wildman–Crippen MR) is 115 cm³/mol. The van der Waals surface area contributed by atoms with E-state index in [9.17, 15) is 4.39 Å². The molecule has 1 fully saturated rings. The van der Waals surface area contributed by atoms with Crippen molar-refractivity contribution in [2.75, 3.05) is 39.3 Å². The number of piperidine rings is 1. The summed E-state index contributed by atoms with van der Waals surface area (Å²) < 4.78 is 23.8. The fraction of sp³-hybridized carbons (Fsp3) is 0.409. The molecule has 0 radical (unpaired) electrons. The molecule has 2 aromatic rings. The average molecular weight is 400 g/mol. The number of methoxy groups -OCH3 is 2. The van der Waals surface area contributed by atoms with Gasteiger partial charge in [-0.15, -0.1) is 0 Å². The van der Waals surface area contributed by atoms with E-state index in [2.05, 4.69) is 20.5 Å². The number of anilines is 1. The van der Waals surface area contributed by atoms with Crippen molar-refractivity contribution in [2.24, 2.45) is 4.99 Å². The Labute approximate surface area is 171 Å². The maximum absolute atomic E-state index is 13.0. The Hall–Kier alpha value is -2.96. The van der Waals surface area contributed by atoms with Crippen LogP contribution in [0.5, 0.6) is 11.5 Å². The van der Waals surface area contributed by atoms with E-state index < -0.39 is 0 Å². The Morgan fingerprint density at radius 2 is 1.69 bits per heavy atom. The van der Waals surface area contributed by atoms with Crippen LogP contribution in [0.15, 0.2) is 47.5 Å². The molecule has 1 aliphatic rings. The number of nitrogens with one attached hydrogen (secondary N) is 2. The SMILES string of the molecule is CN=C(NCc1ccc(F)cc1)NC1CCN(c2cc(OC)cc(OC)c2)CC1. The third kappa shape index (κ3) is 5.76. The second kappa shape index (κ2) is 10.0. The number of hydrogen-bond acceptors (Lipinski definition) is 4. The number of guanidine groups is 1. The molecule has 0 bridgehead atoms. The molecule has 6 nitrogen and oxygen atoms in total. The van der Waals surface area contributed by atoms with Crippen LogP contribution >= 0.6 is 0 Å². The second-order valence-corrected chi connectivity index (χ2v) is 7.03. The smallest absolute Gasteiger partial charge is 0.191 e. The predicted octanol–water partition coefficient (Wildman–Crippen LogP) is 3.18. The van der Waals surface area contributed by atoms with Gasteiger partial charge in [-0.3, -0.25) is 4.99 Å². The van der Waals surface area contributed by atoms with Crippen LogP contribution in [0.25, 0.3) is 0 Å². The summed E-state index contributed by atoms with van der Waals surface area (Å²) in [7, 11) is 5.09. The Morgan fingerprint density at radius 1 is 1.07 bits per heavy atom. The molecule has 1 heterocycles. The van der Waals surface area contributed by atoms with Gasteiger partial charge >= 0.3 is 0 Å². The van der Waals surface area contributed by atoms with E-state index in [1.54, 1.807) is 33.4 Å². The van der Waals surface area contributed by atoms with Crippen molar-refractivity contribution in [3.05, 3.63) is 53.8 Å². The van der Waals surface area contributed by atoms with Crippen LogP contribution in [-0.4, -0.2) is 46.4 Å². The molecule has 0 atom stereocenters. The summed E-state index contributed by atoms with van der Waals surface area (Å²) >= 11 is 0. The Morgan fingerprint density at radius 3 is 2.24 bits per heavy atom. The van der Waals surface area contributed by atoms with E-state index in [1.165, 1.54) is 12.1 Å². The quantitative estimate of drug-likeness (QED) is 0.576. The highest BCUT2D eigenvalue weighted by atomic mass is 19.1. The summed E-state index contributed by atoms with van der Waals surface area (Å²) in [6.45, 7) is 2.47. The molecule has 2 N–H and O–H groups in total. The summed E-state index contributed by atoms with van der Waals surface area (Å²) in [6, 6.07) is 12.8. The molecule has 29 heavy (non-hydrogen) atoms. The summed E-state index contributed by atoms with van der Waals surface area (Å²) in [5.74, 6) is 2.13. The first-order valence-electron chi connectivity index (χ1n) is 9.81. The van der Waals surface area contributed by atoms with Gasteiger partial charge in [0.2, 0.25) is 0 Å². The van der Waals surface area contributed by atoms with Crippen LogP contribution in [-0.2, 0) is 6.54 Å². The van der Waals surface area contributed by atoms with Crippen molar-refractivity contribution in [2.45, 2.75) is 25.4 Å². The average Bonchev–Trinajstić information content (AvgIpc) is 2.77. The number of ether oxygens (including phenoxy) is 2. The number of rotatable bonds is 6. The maximum Gasteiger partial charge on any atom is 0.191 e. The van der Waals surface area contributed by atoms with E-state index in [1.807, 2.05) is 18.2 Å². The molecule has 2 aromatic carbocycles. The van der Waals surface area contributed by atoms with E-state index in [-0.39, 0.29) is 5.82 Å². The van der Waals surface area contributed by atoms with Crippen molar-refractivity contribution in [1.82, 2.24) is 10.6 Å². The zero-order valence-corrected chi connectivity index (χ0v) is 17.2. The van der Waals surface area contributed by atoms with Crippen LogP contribution in [0.2, 0.25) is 0 Å². The second-order valence-electron chi connectivity index (χ2n) is 7.03. The van der Waals surface area contributed by atoms with Crippen LogP contribution in [0.1, 0.15) is 18.4 Å². The molecule has 0 aliphatic carbocycles. The van der Waals surface area contributed by atoms with Crippen molar-refractivity contribution in [3.8, 4) is 11.5 Å². The molecule has 0 aromatic heterocycles. The highest BCUT2D eigenvalue weighted by Crippen LogP contribution is 2.30. The first-order chi connectivity index (χ1) is 14.1. The number of hydrogen-bond donors (Lipinski definition) is 2. The summed E-state index contributed by atoms with van der Waals surface area (Å²) in [4.78, 5) is 6.66. The summed E-state index contributed by atoms with van der Waals surface area (Å²) in [5.41, 5.74) is 2.12. The van der Waals surface area contributed by atoms with Crippen LogP contribution in [0.4, 0.5) is 10.1 Å². The van der Waals surface area contributed by atoms with Gasteiger partial charge in [-0.05, 0) is 30.5 Å². The maximum atomic E-state index is 13.0. The van der Waals surface area contributed by atoms with Crippen molar-refractivity contribution >= 4 is 11.6 Å². The Balaban J connectivity index is 1.51. The van der Waals surface area contributed by atoms with Crippen LogP contribution in [0.3, 0.4) is 0 Å². The standard InChI is InChI=1S/C22H29FN4O2/c1-24-22(25-15-16-4-6-17(23)7-5-16)26-18-8-10-27(11-9-18)19-12-20(28-2)14-21(13-19)29-3/h4-7,12-14,18H,8-11,15H2,1-3H3,(H2,24,25,26). The fourth-order valence-corrected chi connectivity index (χ4v) is 3.43. The molecular formula is C22H29FN4O2. The van der Waals surface area contributed by atoms with Gasteiger partial charge in [0.15, 0.2) is 5.96 Å². The molecule has 0 spiro atoms. The largest absolute Gasteiger partial charge is 0.497 e. The number of nitrogens with zero attached hydrogens (tertiary/aromatic N) is 2. The molecule has 0 amide bonds. The van der Waals surface area contributed by atoms with Gasteiger partial charge in [0.05, 0.1) is 14.2 Å². The van der Waals surface area contributed by atoms with E-state index in [0.29, 0.717) is 12.6 Å². The van der Waals surface area contributed by atoms with Crippen LogP contribution < -0.4 is 25.0 Å². The van der Waals surface area contributed by atoms with Gasteiger partial charge in [0.1, 0.15) is 17.3 Å². The highest BCUT2D eigenvalue weighted by Gasteiger charge is 2.21. The van der Waals surface area contributed by atoms with Gasteiger partial charge in [-0.25, -0.2) is 4.39 Å². The van der Waals surface area contributed by atoms with Gasteiger partial charge in [0.25, 0.3) is 0 Å². The number of benzene rings is 2. The normalized spacial score (nSPS) is 15.2. The first kappa shape index (κ1) is 20.8. The molecular weight excluding hydrogens is 371 g/mol. The first-order valence-corrected chi connectivity index (χ1v) is 9.81. The van der Waals surface area contributed by atoms with Crippen LogP contribution in [0, 0.1) is 5.82 Å². The van der Waals surface area contributed by atoms with Crippen molar-refractivity contribution in [1.29, 1.82) is 0 Å². The topological polar surface area (TPSA) is 58.1 Å². The third-order valence-corrected chi connectivity index (χ3v) is 5.13. The Kier molecular flexibility index (Phi) is 7.16. The third-order valence-electron chi connectivity index (χ3n) is 5.13. The molecule has 7 heteroatoms. The summed E-state index contributed by atoms with van der Waals surface area (Å²) in [6.07, 6.45) is 1.99. The van der Waals surface area contributed by atoms with Crippen molar-refractivity contribution in [3.63, 3.8) is 0 Å². The zero-order chi connectivity index (χ0) is 20.6. The van der Waals surface area contributed by atoms with Crippen molar-refractivity contribution < 1.29 is 13.9 Å². The van der Waals surface area contributed by atoms with Gasteiger partial charge in [-0.2, -0.15) is 0 Å². The fourth-order valence-electron chi connectivity index (χ4n) is 3.43. The summed E-state index contributed by atoms with van der Waals surface area (Å²) in [5, 5.41) is 6.79. The molecule has 156 valence electrons. The number of aliphatic imine (C=N–C) groups is 1. The molecule has 0 unspecified atom stereocenters. The molecule has 1 aliphatic heterocycles. The molecule has 3 rings (SSSR count). The van der Waals surface area contributed by atoms with Gasteiger partial charge in [-0.1, -0.05) is 12.1 Å². The highest BCUT2D eigenvalue weighted by molar-refractivity contribution is 5.80. The Bertz CT molecular complexity index is 796.